The minimum Gasteiger partial charge on any atom is -0.357 e. The van der Waals surface area contributed by atoms with Crippen LogP contribution in [0.4, 0.5) is 17.5 Å². The zero-order chi connectivity index (χ0) is 14.8. The summed E-state index contributed by atoms with van der Waals surface area (Å²) in [7, 11) is 1.78. The van der Waals surface area contributed by atoms with Crippen molar-refractivity contribution in [2.24, 2.45) is 0 Å². The molecule has 0 radical (unpaired) electrons. The summed E-state index contributed by atoms with van der Waals surface area (Å²) >= 11 is 1.56. The minimum absolute atomic E-state index is 0.554. The van der Waals surface area contributed by atoms with Crippen molar-refractivity contribution in [3.8, 4) is 6.07 Å². The van der Waals surface area contributed by atoms with Gasteiger partial charge in [0, 0.05) is 7.05 Å². The standard InChI is InChI=1S/C15H13N5S/c1-9-4-3-5-12(11(9)8-16)18-13-10-6-7-21-14(10)20-15(17-2)19-13/h3-7H,1-2H3,(H2,17,18,19,20). The van der Waals surface area contributed by atoms with Crippen molar-refractivity contribution in [2.45, 2.75) is 6.92 Å². The predicted molar refractivity (Wildman–Crippen MR) is 86.1 cm³/mol. The Kier molecular flexibility index (Phi) is 3.42. The lowest BCUT2D eigenvalue weighted by Crippen LogP contribution is -2.02. The summed E-state index contributed by atoms with van der Waals surface area (Å²) in [4.78, 5) is 9.77. The summed E-state index contributed by atoms with van der Waals surface area (Å²) < 4.78 is 0. The SMILES string of the molecule is CNc1nc(Nc2cccc(C)c2C#N)c2ccsc2n1. The molecule has 3 rings (SSSR count). The van der Waals surface area contributed by atoms with Gasteiger partial charge in [0.25, 0.3) is 0 Å². The lowest BCUT2D eigenvalue weighted by atomic mass is 10.1. The summed E-state index contributed by atoms with van der Waals surface area (Å²) in [5.41, 5.74) is 2.32. The van der Waals surface area contributed by atoms with Gasteiger partial charge in [-0.05, 0) is 30.0 Å². The molecule has 0 aliphatic rings. The third-order valence-corrected chi connectivity index (χ3v) is 3.99. The number of thiophene rings is 1. The van der Waals surface area contributed by atoms with Crippen LogP contribution < -0.4 is 10.6 Å². The number of rotatable bonds is 3. The zero-order valence-corrected chi connectivity index (χ0v) is 12.5. The van der Waals surface area contributed by atoms with Gasteiger partial charge in [-0.2, -0.15) is 10.2 Å². The van der Waals surface area contributed by atoms with Gasteiger partial charge < -0.3 is 10.6 Å². The number of hydrogen-bond donors (Lipinski definition) is 2. The van der Waals surface area contributed by atoms with E-state index in [4.69, 9.17) is 0 Å². The van der Waals surface area contributed by atoms with Gasteiger partial charge in [0.2, 0.25) is 5.95 Å². The molecule has 0 saturated heterocycles. The van der Waals surface area contributed by atoms with Crippen LogP contribution in [0.5, 0.6) is 0 Å². The van der Waals surface area contributed by atoms with E-state index < -0.39 is 0 Å². The largest absolute Gasteiger partial charge is 0.357 e. The van der Waals surface area contributed by atoms with Crippen molar-refractivity contribution < 1.29 is 0 Å². The topological polar surface area (TPSA) is 73.6 Å². The second-order valence-corrected chi connectivity index (χ2v) is 5.41. The van der Waals surface area contributed by atoms with Crippen LogP contribution in [-0.4, -0.2) is 17.0 Å². The van der Waals surface area contributed by atoms with Crippen LogP contribution >= 0.6 is 11.3 Å². The first-order chi connectivity index (χ1) is 10.2. The molecule has 21 heavy (non-hydrogen) atoms. The molecule has 0 unspecified atom stereocenters. The Balaban J connectivity index is 2.12. The van der Waals surface area contributed by atoms with E-state index in [2.05, 4.69) is 26.7 Å². The minimum atomic E-state index is 0.554. The number of nitrogens with zero attached hydrogens (tertiary/aromatic N) is 3. The highest BCUT2D eigenvalue weighted by atomic mass is 32.1. The highest BCUT2D eigenvalue weighted by Gasteiger charge is 2.11. The van der Waals surface area contributed by atoms with Gasteiger partial charge in [-0.1, -0.05) is 12.1 Å². The van der Waals surface area contributed by atoms with Gasteiger partial charge in [-0.25, -0.2) is 4.98 Å². The van der Waals surface area contributed by atoms with Crippen molar-refractivity contribution in [2.75, 3.05) is 17.7 Å². The van der Waals surface area contributed by atoms with Crippen LogP contribution in [0.1, 0.15) is 11.1 Å². The zero-order valence-electron chi connectivity index (χ0n) is 11.6. The van der Waals surface area contributed by atoms with E-state index in [-0.39, 0.29) is 0 Å². The molecule has 3 aromatic rings. The Morgan fingerprint density at radius 1 is 1.24 bits per heavy atom. The monoisotopic (exact) mass is 295 g/mol. The molecule has 0 atom stereocenters. The second-order valence-electron chi connectivity index (χ2n) is 4.52. The highest BCUT2D eigenvalue weighted by molar-refractivity contribution is 7.16. The van der Waals surface area contributed by atoms with Crippen LogP contribution in [0.25, 0.3) is 10.2 Å². The van der Waals surface area contributed by atoms with E-state index >= 15 is 0 Å². The van der Waals surface area contributed by atoms with Crippen LogP contribution in [0.3, 0.4) is 0 Å². The molecular weight excluding hydrogens is 282 g/mol. The Bertz CT molecular complexity index is 847. The number of aryl methyl sites for hydroxylation is 1. The average Bonchev–Trinajstić information content (AvgIpc) is 2.96. The van der Waals surface area contributed by atoms with E-state index in [0.717, 1.165) is 21.5 Å². The van der Waals surface area contributed by atoms with E-state index in [1.807, 2.05) is 36.6 Å². The number of fused-ring (bicyclic) bond motifs is 1. The quantitative estimate of drug-likeness (QED) is 0.771. The molecule has 1 aromatic carbocycles. The summed E-state index contributed by atoms with van der Waals surface area (Å²) in [5, 5.41) is 18.5. The van der Waals surface area contributed by atoms with Crippen LogP contribution in [-0.2, 0) is 0 Å². The van der Waals surface area contributed by atoms with Gasteiger partial charge in [0.1, 0.15) is 16.7 Å². The molecule has 0 bridgehead atoms. The number of nitriles is 1. The van der Waals surface area contributed by atoms with E-state index in [9.17, 15) is 5.26 Å². The van der Waals surface area contributed by atoms with Crippen LogP contribution in [0, 0.1) is 18.3 Å². The van der Waals surface area contributed by atoms with E-state index in [0.29, 0.717) is 17.3 Å². The average molecular weight is 295 g/mol. The first-order valence-electron chi connectivity index (χ1n) is 6.42. The number of aromatic nitrogens is 2. The van der Waals surface area contributed by atoms with Crippen molar-refractivity contribution in [3.63, 3.8) is 0 Å². The lowest BCUT2D eigenvalue weighted by molar-refractivity contribution is 1.20. The maximum Gasteiger partial charge on any atom is 0.225 e. The number of anilines is 3. The smallest absolute Gasteiger partial charge is 0.225 e. The van der Waals surface area contributed by atoms with Crippen molar-refractivity contribution in [1.82, 2.24) is 9.97 Å². The third kappa shape index (κ3) is 2.39. The maximum atomic E-state index is 9.32. The summed E-state index contributed by atoms with van der Waals surface area (Å²) in [5.74, 6) is 1.26. The molecule has 104 valence electrons. The summed E-state index contributed by atoms with van der Waals surface area (Å²) in [6, 6.07) is 9.93. The van der Waals surface area contributed by atoms with E-state index in [1.165, 1.54) is 0 Å². The first-order valence-corrected chi connectivity index (χ1v) is 7.30. The number of nitrogens with one attached hydrogen (secondary N) is 2. The fraction of sp³-hybridized carbons (Fsp3) is 0.133. The van der Waals surface area contributed by atoms with Crippen molar-refractivity contribution in [3.05, 3.63) is 40.8 Å². The van der Waals surface area contributed by atoms with Gasteiger partial charge in [-0.3, -0.25) is 0 Å². The second kappa shape index (κ2) is 5.38. The fourth-order valence-electron chi connectivity index (χ4n) is 2.11. The molecule has 0 amide bonds. The first kappa shape index (κ1) is 13.3. The molecule has 0 fully saturated rings. The number of hydrogen-bond acceptors (Lipinski definition) is 6. The molecule has 6 heteroatoms. The molecule has 5 nitrogen and oxygen atoms in total. The Labute approximate surface area is 126 Å². The van der Waals surface area contributed by atoms with Gasteiger partial charge in [0.05, 0.1) is 16.6 Å². The Morgan fingerprint density at radius 3 is 2.86 bits per heavy atom. The molecular formula is C15H13N5S. The molecule has 2 heterocycles. The fourth-order valence-corrected chi connectivity index (χ4v) is 2.87. The molecule has 0 aliphatic heterocycles. The van der Waals surface area contributed by atoms with Crippen molar-refractivity contribution >= 4 is 39.0 Å². The molecule has 0 spiro atoms. The van der Waals surface area contributed by atoms with Gasteiger partial charge >= 0.3 is 0 Å². The van der Waals surface area contributed by atoms with Crippen LogP contribution in [0.2, 0.25) is 0 Å². The molecule has 0 saturated carbocycles. The molecule has 2 N–H and O–H groups in total. The summed E-state index contributed by atoms with van der Waals surface area (Å²) in [6.07, 6.45) is 0. The van der Waals surface area contributed by atoms with Crippen LogP contribution in [0.15, 0.2) is 29.6 Å². The molecule has 0 aliphatic carbocycles. The van der Waals surface area contributed by atoms with E-state index in [1.54, 1.807) is 18.4 Å². The Hall–Kier alpha value is -2.65. The van der Waals surface area contributed by atoms with Gasteiger partial charge in [-0.15, -0.1) is 11.3 Å². The predicted octanol–water partition coefficient (Wildman–Crippen LogP) is 3.66. The van der Waals surface area contributed by atoms with Crippen molar-refractivity contribution in [1.29, 1.82) is 5.26 Å². The Morgan fingerprint density at radius 2 is 2.10 bits per heavy atom. The highest BCUT2D eigenvalue weighted by Crippen LogP contribution is 2.30. The summed E-state index contributed by atoms with van der Waals surface area (Å²) in [6.45, 7) is 1.92. The third-order valence-electron chi connectivity index (χ3n) is 3.19. The lowest BCUT2D eigenvalue weighted by Gasteiger charge is -2.11. The number of benzene rings is 1. The maximum absolute atomic E-state index is 9.32. The normalized spacial score (nSPS) is 10.3. The van der Waals surface area contributed by atoms with Gasteiger partial charge in [0.15, 0.2) is 0 Å². The molecule has 2 aromatic heterocycles.